The van der Waals surface area contributed by atoms with Gasteiger partial charge in [-0.15, -0.1) is 0 Å². The molecule has 2 atom stereocenters. The first kappa shape index (κ1) is 12.1. The van der Waals surface area contributed by atoms with Gasteiger partial charge >= 0.3 is 0 Å². The monoisotopic (exact) mass is 235 g/mol. The quantitative estimate of drug-likeness (QED) is 0.819. The number of benzene rings is 1. The fourth-order valence-electron chi connectivity index (χ4n) is 1.97. The highest BCUT2D eigenvalue weighted by molar-refractivity contribution is 5.81. The van der Waals surface area contributed by atoms with Gasteiger partial charge in [-0.25, -0.2) is 0 Å². The van der Waals surface area contributed by atoms with E-state index in [1.807, 2.05) is 30.3 Å². The smallest absolute Gasteiger partial charge is 0.249 e. The predicted octanol–water partition coefficient (Wildman–Crippen LogP) is 1.02. The van der Waals surface area contributed by atoms with Crippen molar-refractivity contribution in [3.63, 3.8) is 0 Å². The van der Waals surface area contributed by atoms with Crippen LogP contribution in [0, 0.1) is 0 Å². The summed E-state index contributed by atoms with van der Waals surface area (Å²) in [4.78, 5) is 11.8. The Morgan fingerprint density at radius 2 is 2.24 bits per heavy atom. The molecule has 17 heavy (non-hydrogen) atoms. The van der Waals surface area contributed by atoms with Crippen LogP contribution in [-0.4, -0.2) is 30.3 Å². The second kappa shape index (κ2) is 5.80. The van der Waals surface area contributed by atoms with E-state index in [4.69, 9.17) is 4.74 Å². The Balaban J connectivity index is 1.97. The van der Waals surface area contributed by atoms with E-state index in [9.17, 15) is 9.90 Å². The van der Waals surface area contributed by atoms with Gasteiger partial charge in [0.2, 0.25) is 5.91 Å². The summed E-state index contributed by atoms with van der Waals surface area (Å²) in [6.07, 6.45) is 1.33. The number of carbonyl (C=O) groups excluding carboxylic acids is 1. The molecule has 1 aromatic carbocycles. The predicted molar refractivity (Wildman–Crippen MR) is 63.4 cm³/mol. The number of rotatable bonds is 4. The zero-order valence-corrected chi connectivity index (χ0v) is 9.63. The maximum absolute atomic E-state index is 11.8. The van der Waals surface area contributed by atoms with E-state index in [1.165, 1.54) is 0 Å². The number of aliphatic hydroxyl groups excluding tert-OH is 1. The summed E-state index contributed by atoms with van der Waals surface area (Å²) in [5.74, 6) is -0.134. The fraction of sp³-hybridized carbons (Fsp3) is 0.462. The van der Waals surface area contributed by atoms with E-state index >= 15 is 0 Å². The third kappa shape index (κ3) is 3.05. The molecule has 2 rings (SSSR count). The van der Waals surface area contributed by atoms with E-state index in [0.29, 0.717) is 6.61 Å². The van der Waals surface area contributed by atoms with Gasteiger partial charge in [-0.1, -0.05) is 30.3 Å². The van der Waals surface area contributed by atoms with Gasteiger partial charge in [-0.3, -0.25) is 4.79 Å². The Bertz CT molecular complexity index is 360. The molecular weight excluding hydrogens is 218 g/mol. The minimum atomic E-state index is -0.354. The van der Waals surface area contributed by atoms with Crippen LogP contribution in [0.2, 0.25) is 0 Å². The molecule has 1 fully saturated rings. The third-order valence-corrected chi connectivity index (χ3v) is 2.92. The lowest BCUT2D eigenvalue weighted by atomic mass is 10.1. The highest BCUT2D eigenvalue weighted by Gasteiger charge is 2.25. The third-order valence-electron chi connectivity index (χ3n) is 2.92. The average Bonchev–Trinajstić information content (AvgIpc) is 2.90. The molecular formula is C13H17NO3. The van der Waals surface area contributed by atoms with Crippen molar-refractivity contribution in [1.82, 2.24) is 5.32 Å². The van der Waals surface area contributed by atoms with Crippen LogP contribution >= 0.6 is 0 Å². The summed E-state index contributed by atoms with van der Waals surface area (Å²) >= 11 is 0. The van der Waals surface area contributed by atoms with Crippen molar-refractivity contribution >= 4 is 5.91 Å². The number of nitrogens with one attached hydrogen (secondary N) is 1. The van der Waals surface area contributed by atoms with Crippen molar-refractivity contribution in [2.75, 3.05) is 13.2 Å². The Morgan fingerprint density at radius 1 is 1.47 bits per heavy atom. The molecule has 1 amide bonds. The minimum absolute atomic E-state index is 0.109. The van der Waals surface area contributed by atoms with Gasteiger partial charge in [0.1, 0.15) is 6.10 Å². The normalized spacial score (nSPS) is 21.1. The van der Waals surface area contributed by atoms with E-state index in [2.05, 4.69) is 5.32 Å². The molecule has 92 valence electrons. The molecule has 0 bridgehead atoms. The van der Waals surface area contributed by atoms with Gasteiger partial charge in [-0.05, 0) is 18.4 Å². The fourth-order valence-corrected chi connectivity index (χ4v) is 1.97. The molecule has 4 heteroatoms. The van der Waals surface area contributed by atoms with Crippen LogP contribution < -0.4 is 5.32 Å². The zero-order valence-electron chi connectivity index (χ0n) is 9.63. The lowest BCUT2D eigenvalue weighted by Crippen LogP contribution is -2.38. The van der Waals surface area contributed by atoms with Crippen LogP contribution in [0.15, 0.2) is 30.3 Å². The number of ether oxygens (including phenoxy) is 1. The van der Waals surface area contributed by atoms with Crippen LogP contribution in [0.4, 0.5) is 0 Å². The Labute approximate surface area is 101 Å². The molecule has 0 spiro atoms. The van der Waals surface area contributed by atoms with Gasteiger partial charge in [0.15, 0.2) is 0 Å². The average molecular weight is 235 g/mol. The standard InChI is InChI=1S/C13H17NO3/c15-9-11(10-5-2-1-3-6-10)14-13(16)12-7-4-8-17-12/h1-3,5-6,11-12,15H,4,7-9H2,(H,14,16)/t11?,12-/m0/s1. The van der Waals surface area contributed by atoms with Crippen molar-refractivity contribution in [2.45, 2.75) is 25.0 Å². The van der Waals surface area contributed by atoms with Gasteiger partial charge in [0, 0.05) is 6.61 Å². The van der Waals surface area contributed by atoms with E-state index in [0.717, 1.165) is 18.4 Å². The summed E-state index contributed by atoms with van der Waals surface area (Å²) in [6, 6.07) is 9.09. The van der Waals surface area contributed by atoms with Crippen molar-refractivity contribution in [2.24, 2.45) is 0 Å². The molecule has 0 radical (unpaired) electrons. The molecule has 4 nitrogen and oxygen atoms in total. The van der Waals surface area contributed by atoms with Gasteiger partial charge < -0.3 is 15.2 Å². The molecule has 1 saturated heterocycles. The van der Waals surface area contributed by atoms with Crippen molar-refractivity contribution in [1.29, 1.82) is 0 Å². The largest absolute Gasteiger partial charge is 0.394 e. The van der Waals surface area contributed by atoms with Crippen LogP contribution in [-0.2, 0) is 9.53 Å². The number of hydrogen-bond donors (Lipinski definition) is 2. The Kier molecular flexibility index (Phi) is 4.12. The van der Waals surface area contributed by atoms with Gasteiger partial charge in [-0.2, -0.15) is 0 Å². The number of aliphatic hydroxyl groups is 1. The van der Waals surface area contributed by atoms with Crippen LogP contribution in [0.5, 0.6) is 0 Å². The maximum Gasteiger partial charge on any atom is 0.249 e. The molecule has 0 aliphatic carbocycles. The van der Waals surface area contributed by atoms with Gasteiger partial charge in [0.25, 0.3) is 0 Å². The first-order valence-corrected chi connectivity index (χ1v) is 5.89. The summed E-state index contributed by atoms with van der Waals surface area (Å²) < 4.78 is 5.30. The molecule has 0 aromatic heterocycles. The van der Waals surface area contributed by atoms with Crippen molar-refractivity contribution in [3.05, 3.63) is 35.9 Å². The molecule has 1 unspecified atom stereocenters. The molecule has 1 aromatic rings. The summed E-state index contributed by atoms with van der Waals surface area (Å²) in [7, 11) is 0. The number of amides is 1. The minimum Gasteiger partial charge on any atom is -0.394 e. The molecule has 1 heterocycles. The second-order valence-corrected chi connectivity index (χ2v) is 4.16. The van der Waals surface area contributed by atoms with Crippen LogP contribution in [0.1, 0.15) is 24.4 Å². The van der Waals surface area contributed by atoms with Gasteiger partial charge in [0.05, 0.1) is 12.6 Å². The maximum atomic E-state index is 11.8. The molecule has 1 aliphatic heterocycles. The summed E-state index contributed by atoms with van der Waals surface area (Å²) in [5, 5.41) is 12.1. The Morgan fingerprint density at radius 3 is 2.82 bits per heavy atom. The van der Waals surface area contributed by atoms with Crippen LogP contribution in [0.3, 0.4) is 0 Å². The molecule has 2 N–H and O–H groups in total. The second-order valence-electron chi connectivity index (χ2n) is 4.16. The number of carbonyl (C=O) groups is 1. The summed E-state index contributed by atoms with van der Waals surface area (Å²) in [6.45, 7) is 0.537. The van der Waals surface area contributed by atoms with E-state index in [1.54, 1.807) is 0 Å². The lowest BCUT2D eigenvalue weighted by molar-refractivity contribution is -0.131. The van der Waals surface area contributed by atoms with Crippen molar-refractivity contribution in [3.8, 4) is 0 Å². The molecule has 0 saturated carbocycles. The lowest BCUT2D eigenvalue weighted by Gasteiger charge is -2.19. The molecule has 1 aliphatic rings. The SMILES string of the molecule is O=C(NC(CO)c1ccccc1)[C@@H]1CCCO1. The zero-order chi connectivity index (χ0) is 12.1. The highest BCUT2D eigenvalue weighted by atomic mass is 16.5. The van der Waals surface area contributed by atoms with Crippen LogP contribution in [0.25, 0.3) is 0 Å². The topological polar surface area (TPSA) is 58.6 Å². The van der Waals surface area contributed by atoms with E-state index in [-0.39, 0.29) is 24.7 Å². The highest BCUT2D eigenvalue weighted by Crippen LogP contribution is 2.16. The van der Waals surface area contributed by atoms with Crippen molar-refractivity contribution < 1.29 is 14.6 Å². The Hall–Kier alpha value is -1.39. The van der Waals surface area contributed by atoms with E-state index < -0.39 is 0 Å². The number of hydrogen-bond acceptors (Lipinski definition) is 3. The first-order chi connectivity index (χ1) is 8.31. The first-order valence-electron chi connectivity index (χ1n) is 5.89. The summed E-state index contributed by atoms with van der Waals surface area (Å²) in [5.41, 5.74) is 0.904.